The third kappa shape index (κ3) is 2.60. The normalized spacial score (nSPS) is 10.6. The molecule has 0 radical (unpaired) electrons. The first-order valence-electron chi connectivity index (χ1n) is 5.53. The number of fused-ring (bicyclic) bond motifs is 1. The third-order valence-electron chi connectivity index (χ3n) is 2.67. The second kappa shape index (κ2) is 5.33. The summed E-state index contributed by atoms with van der Waals surface area (Å²) in [7, 11) is 1.64. The SMILES string of the molecule is CN(CCO)C(=O)c1cnc2ccc(Cl)cc2c1. The molecule has 18 heavy (non-hydrogen) atoms. The number of benzene rings is 1. The summed E-state index contributed by atoms with van der Waals surface area (Å²) in [4.78, 5) is 17.7. The maximum Gasteiger partial charge on any atom is 0.255 e. The van der Waals surface area contributed by atoms with Crippen LogP contribution in [0.5, 0.6) is 0 Å². The first-order valence-corrected chi connectivity index (χ1v) is 5.91. The number of hydrogen-bond donors (Lipinski definition) is 1. The molecule has 0 saturated heterocycles. The van der Waals surface area contributed by atoms with Crippen LogP contribution in [-0.2, 0) is 0 Å². The van der Waals surface area contributed by atoms with Crippen molar-refractivity contribution in [2.45, 2.75) is 0 Å². The van der Waals surface area contributed by atoms with E-state index >= 15 is 0 Å². The maximum atomic E-state index is 12.0. The maximum absolute atomic E-state index is 12.0. The van der Waals surface area contributed by atoms with Crippen LogP contribution in [0.3, 0.4) is 0 Å². The molecule has 4 nitrogen and oxygen atoms in total. The van der Waals surface area contributed by atoms with Gasteiger partial charge in [-0.05, 0) is 24.3 Å². The molecule has 0 saturated carbocycles. The summed E-state index contributed by atoms with van der Waals surface area (Å²) in [6, 6.07) is 7.09. The van der Waals surface area contributed by atoms with Crippen LogP contribution in [0.15, 0.2) is 30.5 Å². The molecule has 94 valence electrons. The predicted octanol–water partition coefficient (Wildman–Crippen LogP) is 1.95. The fraction of sp³-hybridized carbons (Fsp3) is 0.231. The highest BCUT2D eigenvalue weighted by Gasteiger charge is 2.12. The number of amides is 1. The number of hydrogen-bond acceptors (Lipinski definition) is 3. The molecule has 0 atom stereocenters. The molecule has 0 fully saturated rings. The van der Waals surface area contributed by atoms with Crippen molar-refractivity contribution in [3.63, 3.8) is 0 Å². The lowest BCUT2D eigenvalue weighted by Gasteiger charge is -2.15. The zero-order valence-corrected chi connectivity index (χ0v) is 10.7. The zero-order chi connectivity index (χ0) is 13.1. The van der Waals surface area contributed by atoms with Gasteiger partial charge in [0.2, 0.25) is 0 Å². The van der Waals surface area contributed by atoms with Crippen molar-refractivity contribution >= 4 is 28.4 Å². The van der Waals surface area contributed by atoms with E-state index in [2.05, 4.69) is 4.98 Å². The fourth-order valence-corrected chi connectivity index (χ4v) is 1.87. The quantitative estimate of drug-likeness (QED) is 0.922. The molecule has 1 aromatic carbocycles. The minimum atomic E-state index is -0.168. The highest BCUT2D eigenvalue weighted by Crippen LogP contribution is 2.19. The lowest BCUT2D eigenvalue weighted by molar-refractivity contribution is 0.0767. The van der Waals surface area contributed by atoms with Gasteiger partial charge in [0.05, 0.1) is 17.7 Å². The average molecular weight is 265 g/mol. The Labute approximate surface area is 110 Å². The second-order valence-electron chi connectivity index (χ2n) is 4.01. The molecule has 0 aliphatic rings. The van der Waals surface area contributed by atoms with E-state index in [1.54, 1.807) is 25.2 Å². The van der Waals surface area contributed by atoms with Crippen LogP contribution < -0.4 is 0 Å². The molecule has 0 aliphatic heterocycles. The number of pyridine rings is 1. The minimum Gasteiger partial charge on any atom is -0.395 e. The van der Waals surface area contributed by atoms with Crippen LogP contribution in [0.1, 0.15) is 10.4 Å². The van der Waals surface area contributed by atoms with E-state index in [4.69, 9.17) is 16.7 Å². The number of halogens is 1. The summed E-state index contributed by atoms with van der Waals surface area (Å²) in [5.41, 5.74) is 1.28. The van der Waals surface area contributed by atoms with Gasteiger partial charge in [-0.15, -0.1) is 0 Å². The molecule has 1 amide bonds. The number of aliphatic hydroxyl groups is 1. The van der Waals surface area contributed by atoms with Crippen molar-refractivity contribution in [2.75, 3.05) is 20.2 Å². The monoisotopic (exact) mass is 264 g/mol. The lowest BCUT2D eigenvalue weighted by atomic mass is 10.1. The summed E-state index contributed by atoms with van der Waals surface area (Å²) in [6.45, 7) is 0.238. The van der Waals surface area contributed by atoms with Crippen LogP contribution in [0.25, 0.3) is 10.9 Å². The Bertz CT molecular complexity index is 586. The van der Waals surface area contributed by atoms with Gasteiger partial charge in [-0.1, -0.05) is 11.6 Å². The van der Waals surface area contributed by atoms with Crippen LogP contribution in [0.2, 0.25) is 5.02 Å². The number of rotatable bonds is 3. The molecule has 2 rings (SSSR count). The van der Waals surface area contributed by atoms with Gasteiger partial charge in [0, 0.05) is 30.2 Å². The molecule has 0 bridgehead atoms. The highest BCUT2D eigenvalue weighted by atomic mass is 35.5. The molecule has 0 unspecified atom stereocenters. The largest absolute Gasteiger partial charge is 0.395 e. The number of carbonyl (C=O) groups is 1. The van der Waals surface area contributed by atoms with Crippen molar-refractivity contribution < 1.29 is 9.90 Å². The number of likely N-dealkylation sites (N-methyl/N-ethyl adjacent to an activating group) is 1. The van der Waals surface area contributed by atoms with Crippen molar-refractivity contribution in [1.29, 1.82) is 0 Å². The molecule has 2 aromatic rings. The van der Waals surface area contributed by atoms with Crippen LogP contribution in [-0.4, -0.2) is 41.1 Å². The topological polar surface area (TPSA) is 53.4 Å². The van der Waals surface area contributed by atoms with Crippen molar-refractivity contribution in [3.8, 4) is 0 Å². The molecular formula is C13H13ClN2O2. The smallest absolute Gasteiger partial charge is 0.255 e. The predicted molar refractivity (Wildman–Crippen MR) is 70.8 cm³/mol. The Kier molecular flexibility index (Phi) is 3.79. The summed E-state index contributed by atoms with van der Waals surface area (Å²) in [5, 5.41) is 10.2. The van der Waals surface area contributed by atoms with Gasteiger partial charge in [0.15, 0.2) is 0 Å². The van der Waals surface area contributed by atoms with Crippen molar-refractivity contribution in [1.82, 2.24) is 9.88 Å². The first kappa shape index (κ1) is 12.8. The molecule has 1 heterocycles. The van der Waals surface area contributed by atoms with E-state index in [0.717, 1.165) is 10.9 Å². The summed E-state index contributed by atoms with van der Waals surface area (Å²) >= 11 is 5.91. The molecule has 0 aliphatic carbocycles. The van der Waals surface area contributed by atoms with Crippen molar-refractivity contribution in [3.05, 3.63) is 41.0 Å². The highest BCUT2D eigenvalue weighted by molar-refractivity contribution is 6.31. The minimum absolute atomic E-state index is 0.0604. The fourth-order valence-electron chi connectivity index (χ4n) is 1.69. The Morgan fingerprint density at radius 3 is 2.94 bits per heavy atom. The molecule has 5 heteroatoms. The number of aromatic nitrogens is 1. The van der Waals surface area contributed by atoms with Gasteiger partial charge < -0.3 is 10.0 Å². The van der Waals surface area contributed by atoms with Gasteiger partial charge >= 0.3 is 0 Å². The van der Waals surface area contributed by atoms with Crippen molar-refractivity contribution in [2.24, 2.45) is 0 Å². The van der Waals surface area contributed by atoms with Gasteiger partial charge in [-0.3, -0.25) is 9.78 Å². The van der Waals surface area contributed by atoms with E-state index in [-0.39, 0.29) is 12.5 Å². The van der Waals surface area contributed by atoms with E-state index in [0.29, 0.717) is 17.1 Å². The summed E-state index contributed by atoms with van der Waals surface area (Å²) < 4.78 is 0. The molecule has 1 N–H and O–H groups in total. The molecule has 1 aromatic heterocycles. The first-order chi connectivity index (χ1) is 8.61. The Hall–Kier alpha value is -1.65. The zero-order valence-electron chi connectivity index (χ0n) is 9.93. The lowest BCUT2D eigenvalue weighted by Crippen LogP contribution is -2.29. The van der Waals surface area contributed by atoms with E-state index in [1.807, 2.05) is 6.07 Å². The Morgan fingerprint density at radius 2 is 2.22 bits per heavy atom. The summed E-state index contributed by atoms with van der Waals surface area (Å²) in [6.07, 6.45) is 1.53. The second-order valence-corrected chi connectivity index (χ2v) is 4.45. The van der Waals surface area contributed by atoms with Gasteiger partial charge in [0.25, 0.3) is 5.91 Å². The number of aliphatic hydroxyl groups excluding tert-OH is 1. The Morgan fingerprint density at radius 1 is 1.44 bits per heavy atom. The van der Waals surface area contributed by atoms with E-state index in [9.17, 15) is 4.79 Å². The van der Waals surface area contributed by atoms with E-state index in [1.165, 1.54) is 11.1 Å². The van der Waals surface area contributed by atoms with Gasteiger partial charge in [-0.25, -0.2) is 0 Å². The number of carbonyl (C=O) groups excluding carboxylic acids is 1. The van der Waals surface area contributed by atoms with Gasteiger partial charge in [-0.2, -0.15) is 0 Å². The molecular weight excluding hydrogens is 252 g/mol. The van der Waals surface area contributed by atoms with Crippen LogP contribution in [0, 0.1) is 0 Å². The van der Waals surface area contributed by atoms with Crippen LogP contribution in [0.4, 0.5) is 0 Å². The third-order valence-corrected chi connectivity index (χ3v) is 2.91. The van der Waals surface area contributed by atoms with Gasteiger partial charge in [0.1, 0.15) is 0 Å². The standard InChI is InChI=1S/C13H13ClN2O2/c1-16(4-5-17)13(18)10-6-9-7-11(14)2-3-12(9)15-8-10/h2-3,6-8,17H,4-5H2,1H3. The van der Waals surface area contributed by atoms with E-state index < -0.39 is 0 Å². The number of nitrogens with zero attached hydrogens (tertiary/aromatic N) is 2. The average Bonchev–Trinajstić information content (AvgIpc) is 2.37. The summed E-state index contributed by atoms with van der Waals surface area (Å²) in [5.74, 6) is -0.168. The Balaban J connectivity index is 2.37. The van der Waals surface area contributed by atoms with Crippen LogP contribution >= 0.6 is 11.6 Å². The molecule has 0 spiro atoms.